The van der Waals surface area contributed by atoms with Crippen LogP contribution >= 0.6 is 0 Å². The van der Waals surface area contributed by atoms with E-state index in [1.807, 2.05) is 33.9 Å². The molecule has 3 rings (SSSR count). The summed E-state index contributed by atoms with van der Waals surface area (Å²) < 4.78 is 33.8. The van der Waals surface area contributed by atoms with Gasteiger partial charge in [0.2, 0.25) is 0 Å². The number of anilines is 1. The molecule has 154 valence electrons. The van der Waals surface area contributed by atoms with Gasteiger partial charge >= 0.3 is 5.97 Å². The van der Waals surface area contributed by atoms with Crippen molar-refractivity contribution in [1.82, 2.24) is 19.5 Å². The quantitative estimate of drug-likeness (QED) is 0.602. The molecule has 1 fully saturated rings. The number of methoxy groups -OCH3 is 1. The van der Waals surface area contributed by atoms with E-state index >= 15 is 4.39 Å². The summed E-state index contributed by atoms with van der Waals surface area (Å²) in [6.45, 7) is 10.1. The zero-order valence-corrected chi connectivity index (χ0v) is 17.8. The zero-order chi connectivity index (χ0) is 20.9. The van der Waals surface area contributed by atoms with Gasteiger partial charge in [-0.2, -0.15) is 0 Å². The summed E-state index contributed by atoms with van der Waals surface area (Å²) in [6, 6.07) is 0. The van der Waals surface area contributed by atoms with E-state index in [9.17, 15) is 4.79 Å². The monoisotopic (exact) mass is 411 g/mol. The molecule has 1 aliphatic heterocycles. The third kappa shape index (κ3) is 3.38. The van der Waals surface area contributed by atoms with Crippen LogP contribution in [-0.2, 0) is 18.7 Å². The molecule has 1 aliphatic rings. The largest absolute Gasteiger partial charge is 0.467 e. The van der Waals surface area contributed by atoms with Crippen LogP contribution in [0.25, 0.3) is 11.2 Å². The molecule has 0 spiro atoms. The second-order valence-electron chi connectivity index (χ2n) is 8.34. The lowest BCUT2D eigenvalue weighted by Gasteiger charge is -2.39. The molecule has 4 atom stereocenters. The number of nitrogens with zero attached hydrogens (tertiary/aromatic N) is 4. The Labute approximate surface area is 163 Å². The fourth-order valence-electron chi connectivity index (χ4n) is 2.86. The molecular formula is C17H26FN5O4Si. The maximum Gasteiger partial charge on any atom is 0.337 e. The third-order valence-electron chi connectivity index (χ3n) is 5.50. The van der Waals surface area contributed by atoms with Gasteiger partial charge in [-0.15, -0.1) is 0 Å². The van der Waals surface area contributed by atoms with Crippen LogP contribution < -0.4 is 5.73 Å². The van der Waals surface area contributed by atoms with E-state index in [0.29, 0.717) is 11.2 Å². The molecule has 2 aromatic rings. The Kier molecular flexibility index (Phi) is 5.19. The number of fused-ring (bicyclic) bond motifs is 1. The highest BCUT2D eigenvalue weighted by molar-refractivity contribution is 6.74. The summed E-state index contributed by atoms with van der Waals surface area (Å²) in [4.78, 5) is 24.4. The minimum absolute atomic E-state index is 0.172. The number of halogens is 1. The first-order valence-corrected chi connectivity index (χ1v) is 11.9. The molecular weight excluding hydrogens is 385 g/mol. The van der Waals surface area contributed by atoms with Crippen LogP contribution in [0.5, 0.6) is 0 Å². The van der Waals surface area contributed by atoms with E-state index in [0.717, 1.165) is 0 Å². The fraction of sp³-hybridized carbons (Fsp3) is 0.647. The van der Waals surface area contributed by atoms with Crippen molar-refractivity contribution >= 4 is 31.3 Å². The SMILES string of the molecule is COC(=O)[C@H]1O[C@@H](n2cnc3c(N)ncnc32)[C@H](F)C1O[Si](C)(C)C(C)(C)C. The van der Waals surface area contributed by atoms with Gasteiger partial charge in [-0.05, 0) is 18.1 Å². The summed E-state index contributed by atoms with van der Waals surface area (Å²) in [5.41, 5.74) is 6.45. The van der Waals surface area contributed by atoms with Crippen LogP contribution in [0.3, 0.4) is 0 Å². The number of alkyl halides is 1. The first-order valence-electron chi connectivity index (χ1n) is 8.96. The molecule has 1 unspecified atom stereocenters. The summed E-state index contributed by atoms with van der Waals surface area (Å²) in [5.74, 6) is -0.511. The highest BCUT2D eigenvalue weighted by Crippen LogP contribution is 2.42. The highest BCUT2D eigenvalue weighted by atomic mass is 28.4. The molecule has 3 heterocycles. The van der Waals surface area contributed by atoms with E-state index < -0.39 is 38.9 Å². The van der Waals surface area contributed by atoms with Crippen molar-refractivity contribution in [2.45, 2.75) is 63.5 Å². The number of nitrogens with two attached hydrogens (primary N) is 1. The number of ether oxygens (including phenoxy) is 2. The first-order chi connectivity index (χ1) is 13.0. The Morgan fingerprint density at radius 3 is 2.61 bits per heavy atom. The number of esters is 1. The summed E-state index contributed by atoms with van der Waals surface area (Å²) in [6.07, 6.45) is -2.45. The standard InChI is InChI=1S/C17H26FN5O4Si/c1-17(2,3)28(5,6)27-11-9(18)15(26-12(11)16(24)25-4)23-8-22-10-13(19)20-7-21-14(10)23/h7-9,11-12,15H,1-6H3,(H2,19,20,21)/t9-,11?,12+,15-/m1/s1. The molecule has 11 heteroatoms. The normalized spacial score (nSPS) is 26.0. The van der Waals surface area contributed by atoms with Crippen molar-refractivity contribution in [3.8, 4) is 0 Å². The van der Waals surface area contributed by atoms with Gasteiger partial charge in [0.1, 0.15) is 17.9 Å². The Morgan fingerprint density at radius 1 is 1.32 bits per heavy atom. The van der Waals surface area contributed by atoms with Gasteiger partial charge in [-0.3, -0.25) is 4.57 Å². The number of hydrogen-bond acceptors (Lipinski definition) is 8. The summed E-state index contributed by atoms with van der Waals surface area (Å²) in [7, 11) is -1.16. The van der Waals surface area contributed by atoms with E-state index in [1.165, 1.54) is 24.3 Å². The molecule has 0 aliphatic carbocycles. The second kappa shape index (κ2) is 7.05. The predicted molar refractivity (Wildman–Crippen MR) is 103 cm³/mol. The lowest BCUT2D eigenvalue weighted by atomic mass is 10.1. The van der Waals surface area contributed by atoms with E-state index in [1.54, 1.807) is 0 Å². The second-order valence-corrected chi connectivity index (χ2v) is 13.1. The molecule has 2 N–H and O–H groups in total. The van der Waals surface area contributed by atoms with Gasteiger partial charge in [0.15, 0.2) is 38.3 Å². The van der Waals surface area contributed by atoms with Crippen LogP contribution in [0.15, 0.2) is 12.7 Å². The van der Waals surface area contributed by atoms with Gasteiger partial charge < -0.3 is 19.6 Å². The van der Waals surface area contributed by atoms with Gasteiger partial charge in [0, 0.05) is 0 Å². The molecule has 0 amide bonds. The first kappa shape index (κ1) is 20.6. The minimum atomic E-state index is -2.39. The number of carbonyl (C=O) groups is 1. The summed E-state index contributed by atoms with van der Waals surface area (Å²) in [5, 5.41) is -0.172. The lowest BCUT2D eigenvalue weighted by Crippen LogP contribution is -2.50. The lowest BCUT2D eigenvalue weighted by molar-refractivity contribution is -0.158. The molecule has 9 nitrogen and oxygen atoms in total. The Hall–Kier alpha value is -2.11. The Bertz CT molecular complexity index is 884. The average molecular weight is 412 g/mol. The molecule has 0 radical (unpaired) electrons. The Morgan fingerprint density at radius 2 is 2.00 bits per heavy atom. The van der Waals surface area contributed by atoms with Crippen LogP contribution in [0.2, 0.25) is 18.1 Å². The van der Waals surface area contributed by atoms with Crippen molar-refractivity contribution in [3.05, 3.63) is 12.7 Å². The van der Waals surface area contributed by atoms with Crippen molar-refractivity contribution in [2.24, 2.45) is 0 Å². The number of aromatic nitrogens is 4. The molecule has 0 saturated carbocycles. The topological polar surface area (TPSA) is 114 Å². The van der Waals surface area contributed by atoms with Crippen molar-refractivity contribution in [2.75, 3.05) is 12.8 Å². The molecule has 0 bridgehead atoms. The van der Waals surface area contributed by atoms with Gasteiger partial charge in [-0.1, -0.05) is 20.8 Å². The van der Waals surface area contributed by atoms with Gasteiger partial charge in [0.25, 0.3) is 0 Å². The summed E-state index contributed by atoms with van der Waals surface area (Å²) >= 11 is 0. The molecule has 2 aromatic heterocycles. The molecule has 1 saturated heterocycles. The number of carbonyl (C=O) groups excluding carboxylic acids is 1. The maximum absolute atomic E-state index is 15.6. The smallest absolute Gasteiger partial charge is 0.337 e. The van der Waals surface area contributed by atoms with Crippen molar-refractivity contribution < 1.29 is 23.1 Å². The van der Waals surface area contributed by atoms with Gasteiger partial charge in [0.05, 0.1) is 13.4 Å². The van der Waals surface area contributed by atoms with Gasteiger partial charge in [-0.25, -0.2) is 24.1 Å². The molecule has 28 heavy (non-hydrogen) atoms. The van der Waals surface area contributed by atoms with Crippen LogP contribution in [0, 0.1) is 0 Å². The van der Waals surface area contributed by atoms with Crippen LogP contribution in [0.4, 0.5) is 10.2 Å². The highest BCUT2D eigenvalue weighted by Gasteiger charge is 2.54. The third-order valence-corrected chi connectivity index (χ3v) is 9.98. The fourth-order valence-corrected chi connectivity index (χ4v) is 4.14. The Balaban J connectivity index is 1.99. The van der Waals surface area contributed by atoms with Crippen molar-refractivity contribution in [3.63, 3.8) is 0 Å². The van der Waals surface area contributed by atoms with Crippen molar-refractivity contribution in [1.29, 1.82) is 0 Å². The molecule has 0 aromatic carbocycles. The number of hydrogen-bond donors (Lipinski definition) is 1. The average Bonchev–Trinajstić information content (AvgIpc) is 3.16. The van der Waals surface area contributed by atoms with E-state index in [-0.39, 0.29) is 10.9 Å². The van der Waals surface area contributed by atoms with Crippen LogP contribution in [0.1, 0.15) is 27.0 Å². The van der Waals surface area contributed by atoms with Crippen LogP contribution in [-0.4, -0.2) is 59.3 Å². The zero-order valence-electron chi connectivity index (χ0n) is 16.8. The van der Waals surface area contributed by atoms with E-state index in [4.69, 9.17) is 19.6 Å². The van der Waals surface area contributed by atoms with E-state index in [2.05, 4.69) is 15.0 Å². The number of imidazole rings is 1. The number of rotatable bonds is 4. The minimum Gasteiger partial charge on any atom is -0.467 e. The number of nitrogen functional groups attached to an aromatic ring is 1. The maximum atomic E-state index is 15.6. The predicted octanol–water partition coefficient (Wildman–Crippen LogP) is 2.21.